The van der Waals surface area contributed by atoms with Gasteiger partial charge < -0.3 is 9.51 Å². The van der Waals surface area contributed by atoms with Crippen LogP contribution in [0.2, 0.25) is 5.02 Å². The highest BCUT2D eigenvalue weighted by molar-refractivity contribution is 6.31. The Balaban J connectivity index is 2.81. The molecule has 2 heterocycles. The fourth-order valence-corrected chi connectivity index (χ4v) is 1.81. The zero-order chi connectivity index (χ0) is 11.9. The average Bonchev–Trinajstić information content (AvgIpc) is 2.56. The lowest BCUT2D eigenvalue weighted by Gasteiger charge is -2.03. The largest absolute Gasteiger partial charge is 0.476 e. The number of aromatic nitrogens is 2. The van der Waals surface area contributed by atoms with E-state index in [2.05, 4.69) is 4.98 Å². The second-order valence-electron chi connectivity index (χ2n) is 3.88. The standard InChI is InChI=1S/C11H11ClN2O2/c1-6(2)10-13-9(11(15)16)8-5-7(12)3-4-14(8)10/h3-6H,1-2H3,(H,15,16). The van der Waals surface area contributed by atoms with Crippen LogP contribution in [0.25, 0.3) is 5.52 Å². The summed E-state index contributed by atoms with van der Waals surface area (Å²) < 4.78 is 1.76. The molecule has 2 rings (SSSR count). The summed E-state index contributed by atoms with van der Waals surface area (Å²) in [6.07, 6.45) is 1.74. The van der Waals surface area contributed by atoms with Gasteiger partial charge in [0.05, 0.1) is 5.52 Å². The van der Waals surface area contributed by atoms with Crippen LogP contribution < -0.4 is 0 Å². The monoisotopic (exact) mass is 238 g/mol. The Hall–Kier alpha value is -1.55. The molecule has 0 aliphatic heterocycles. The minimum absolute atomic E-state index is 0.0474. The molecule has 0 unspecified atom stereocenters. The zero-order valence-electron chi connectivity index (χ0n) is 8.94. The number of rotatable bonds is 2. The number of fused-ring (bicyclic) bond motifs is 1. The Kier molecular flexibility index (Phi) is 2.59. The second-order valence-corrected chi connectivity index (χ2v) is 4.32. The van der Waals surface area contributed by atoms with Gasteiger partial charge in [0.2, 0.25) is 0 Å². The van der Waals surface area contributed by atoms with Gasteiger partial charge in [-0.05, 0) is 12.1 Å². The summed E-state index contributed by atoms with van der Waals surface area (Å²) in [5, 5.41) is 9.55. The molecule has 1 N–H and O–H groups in total. The fraction of sp³-hybridized carbons (Fsp3) is 0.273. The number of carboxylic acids is 1. The topological polar surface area (TPSA) is 54.6 Å². The Morgan fingerprint density at radius 1 is 1.56 bits per heavy atom. The molecule has 0 bridgehead atoms. The average molecular weight is 239 g/mol. The first kappa shape index (κ1) is 11.0. The number of hydrogen-bond donors (Lipinski definition) is 1. The van der Waals surface area contributed by atoms with Gasteiger partial charge in [-0.3, -0.25) is 0 Å². The van der Waals surface area contributed by atoms with Crippen molar-refractivity contribution in [3.05, 3.63) is 34.9 Å². The maximum atomic E-state index is 11.0. The molecule has 0 aliphatic rings. The van der Waals surface area contributed by atoms with Crippen LogP contribution in [0, 0.1) is 0 Å². The molecule has 5 heteroatoms. The van der Waals surface area contributed by atoms with Crippen LogP contribution >= 0.6 is 11.6 Å². The molecule has 0 fully saturated rings. The summed E-state index contributed by atoms with van der Waals surface area (Å²) in [5.41, 5.74) is 0.579. The highest BCUT2D eigenvalue weighted by Gasteiger charge is 2.18. The number of halogens is 1. The van der Waals surface area contributed by atoms with Gasteiger partial charge in [-0.15, -0.1) is 0 Å². The number of imidazole rings is 1. The molecule has 2 aromatic heterocycles. The first-order chi connectivity index (χ1) is 7.50. The van der Waals surface area contributed by atoms with Crippen molar-refractivity contribution in [1.82, 2.24) is 9.38 Å². The second kappa shape index (κ2) is 3.79. The summed E-state index contributed by atoms with van der Waals surface area (Å²) >= 11 is 5.85. The first-order valence-corrected chi connectivity index (χ1v) is 5.29. The number of aromatic carboxylic acids is 1. The van der Waals surface area contributed by atoms with E-state index in [1.54, 1.807) is 22.7 Å². The van der Waals surface area contributed by atoms with Gasteiger partial charge in [0.25, 0.3) is 0 Å². The molecule has 0 aromatic carbocycles. The highest BCUT2D eigenvalue weighted by Crippen LogP contribution is 2.22. The number of carbonyl (C=O) groups is 1. The molecule has 84 valence electrons. The van der Waals surface area contributed by atoms with Crippen LogP contribution in [0.3, 0.4) is 0 Å². The van der Waals surface area contributed by atoms with Gasteiger partial charge in [-0.25, -0.2) is 9.78 Å². The van der Waals surface area contributed by atoms with E-state index in [-0.39, 0.29) is 11.6 Å². The Labute approximate surface area is 97.5 Å². The van der Waals surface area contributed by atoms with E-state index in [0.717, 1.165) is 5.82 Å². The Morgan fingerprint density at radius 3 is 2.81 bits per heavy atom. The molecular formula is C11H11ClN2O2. The highest BCUT2D eigenvalue weighted by atomic mass is 35.5. The Bertz CT molecular complexity index is 560. The normalized spacial score (nSPS) is 11.2. The summed E-state index contributed by atoms with van der Waals surface area (Å²) in [5.74, 6) is -0.155. The van der Waals surface area contributed by atoms with E-state index in [1.165, 1.54) is 0 Å². The van der Waals surface area contributed by atoms with Crippen LogP contribution in [0.15, 0.2) is 18.3 Å². The van der Waals surface area contributed by atoms with Crippen LogP contribution in [-0.4, -0.2) is 20.5 Å². The third-order valence-corrected chi connectivity index (χ3v) is 2.59. The SMILES string of the molecule is CC(C)c1nc(C(=O)O)c2cc(Cl)ccn12. The van der Waals surface area contributed by atoms with Crippen molar-refractivity contribution in [3.63, 3.8) is 0 Å². The smallest absolute Gasteiger partial charge is 0.356 e. The van der Waals surface area contributed by atoms with E-state index < -0.39 is 5.97 Å². The minimum Gasteiger partial charge on any atom is -0.476 e. The molecule has 2 aromatic rings. The van der Waals surface area contributed by atoms with Gasteiger partial charge in [0.1, 0.15) is 5.82 Å². The predicted molar refractivity (Wildman–Crippen MR) is 61.3 cm³/mol. The maximum Gasteiger partial charge on any atom is 0.356 e. The lowest BCUT2D eigenvalue weighted by atomic mass is 10.2. The van der Waals surface area contributed by atoms with Crippen LogP contribution in [0.1, 0.15) is 36.1 Å². The lowest BCUT2D eigenvalue weighted by molar-refractivity contribution is 0.0693. The molecule has 0 atom stereocenters. The van der Waals surface area contributed by atoms with E-state index >= 15 is 0 Å². The lowest BCUT2D eigenvalue weighted by Crippen LogP contribution is -1.98. The third-order valence-electron chi connectivity index (χ3n) is 2.35. The van der Waals surface area contributed by atoms with Gasteiger partial charge in [-0.2, -0.15) is 0 Å². The van der Waals surface area contributed by atoms with E-state index in [9.17, 15) is 4.79 Å². The molecule has 16 heavy (non-hydrogen) atoms. The van der Waals surface area contributed by atoms with E-state index in [1.807, 2.05) is 13.8 Å². The van der Waals surface area contributed by atoms with E-state index in [4.69, 9.17) is 16.7 Å². The molecule has 0 spiro atoms. The summed E-state index contributed by atoms with van der Waals surface area (Å²) in [6, 6.07) is 3.33. The van der Waals surface area contributed by atoms with Crippen molar-refractivity contribution >= 4 is 23.1 Å². The molecule has 0 amide bonds. The fourth-order valence-electron chi connectivity index (χ4n) is 1.65. The number of carboxylic acid groups (broad SMARTS) is 1. The van der Waals surface area contributed by atoms with Crippen molar-refractivity contribution in [2.75, 3.05) is 0 Å². The molecule has 4 nitrogen and oxygen atoms in total. The van der Waals surface area contributed by atoms with Crippen molar-refractivity contribution in [3.8, 4) is 0 Å². The number of nitrogens with zero attached hydrogens (tertiary/aromatic N) is 2. The molecule has 0 saturated heterocycles. The van der Waals surface area contributed by atoms with Crippen molar-refractivity contribution in [2.24, 2.45) is 0 Å². The number of pyridine rings is 1. The van der Waals surface area contributed by atoms with Crippen LogP contribution in [0.5, 0.6) is 0 Å². The quantitative estimate of drug-likeness (QED) is 0.875. The minimum atomic E-state index is -1.04. The summed E-state index contributed by atoms with van der Waals surface area (Å²) in [6.45, 7) is 3.93. The Morgan fingerprint density at radius 2 is 2.25 bits per heavy atom. The van der Waals surface area contributed by atoms with Crippen molar-refractivity contribution in [2.45, 2.75) is 19.8 Å². The van der Waals surface area contributed by atoms with Gasteiger partial charge in [-0.1, -0.05) is 25.4 Å². The predicted octanol–water partition coefficient (Wildman–Crippen LogP) is 2.81. The van der Waals surface area contributed by atoms with Gasteiger partial charge in [0.15, 0.2) is 5.69 Å². The summed E-state index contributed by atoms with van der Waals surface area (Å²) in [7, 11) is 0. The third kappa shape index (κ3) is 1.65. The van der Waals surface area contributed by atoms with Crippen molar-refractivity contribution in [1.29, 1.82) is 0 Å². The zero-order valence-corrected chi connectivity index (χ0v) is 9.69. The van der Waals surface area contributed by atoms with Crippen LogP contribution in [-0.2, 0) is 0 Å². The maximum absolute atomic E-state index is 11.0. The van der Waals surface area contributed by atoms with Crippen molar-refractivity contribution < 1.29 is 9.90 Å². The molecular weight excluding hydrogens is 228 g/mol. The van der Waals surface area contributed by atoms with E-state index in [0.29, 0.717) is 10.5 Å². The molecule has 0 aliphatic carbocycles. The molecule has 0 radical (unpaired) electrons. The molecule has 0 saturated carbocycles. The number of hydrogen-bond acceptors (Lipinski definition) is 2. The first-order valence-electron chi connectivity index (χ1n) is 4.91. The van der Waals surface area contributed by atoms with Crippen LogP contribution in [0.4, 0.5) is 0 Å². The summed E-state index contributed by atoms with van der Waals surface area (Å²) in [4.78, 5) is 15.2. The van der Waals surface area contributed by atoms with Gasteiger partial charge >= 0.3 is 5.97 Å². The van der Waals surface area contributed by atoms with Gasteiger partial charge in [0, 0.05) is 17.1 Å².